The molecule has 0 unspecified atom stereocenters. The summed E-state index contributed by atoms with van der Waals surface area (Å²) in [6, 6.07) is 14.4. The standard InChI is InChI=1S/C25H33N5O3S/c1-3-34(31,32)30(15-5-7-20-6-4-8-21(18-20)25(27)28)22-9-11-23(12-10-22)33-24-13-16-29(17-14-24)19(2)26/h4-12,18,24,26H,3,13-17H2,1-2H3,(H3,27,28)/b7-5-,26-19?. The van der Waals surface area contributed by atoms with Crippen molar-refractivity contribution in [3.63, 3.8) is 0 Å². The Morgan fingerprint density at radius 3 is 2.44 bits per heavy atom. The van der Waals surface area contributed by atoms with E-state index in [2.05, 4.69) is 0 Å². The molecule has 4 N–H and O–H groups in total. The number of hydrogen-bond donors (Lipinski definition) is 3. The highest BCUT2D eigenvalue weighted by atomic mass is 32.2. The molecule has 1 saturated heterocycles. The first-order chi connectivity index (χ1) is 16.2. The van der Waals surface area contributed by atoms with Gasteiger partial charge in [0.15, 0.2) is 0 Å². The van der Waals surface area contributed by atoms with E-state index in [1.54, 1.807) is 44.2 Å². The molecule has 0 radical (unpaired) electrons. The Hall–Kier alpha value is -3.33. The summed E-state index contributed by atoms with van der Waals surface area (Å²) in [6.07, 6.45) is 5.40. The summed E-state index contributed by atoms with van der Waals surface area (Å²) in [5, 5.41) is 15.3. The molecule has 1 heterocycles. The zero-order chi connectivity index (χ0) is 24.7. The Kier molecular flexibility index (Phi) is 8.33. The van der Waals surface area contributed by atoms with Gasteiger partial charge in [0.05, 0.1) is 23.8 Å². The van der Waals surface area contributed by atoms with Crippen molar-refractivity contribution in [1.29, 1.82) is 10.8 Å². The Bertz CT molecular complexity index is 1140. The van der Waals surface area contributed by atoms with Gasteiger partial charge in [0.2, 0.25) is 10.0 Å². The van der Waals surface area contributed by atoms with Gasteiger partial charge in [0.1, 0.15) is 17.7 Å². The molecule has 0 spiro atoms. The average molecular weight is 484 g/mol. The van der Waals surface area contributed by atoms with Gasteiger partial charge in [-0.2, -0.15) is 0 Å². The molecule has 0 amide bonds. The molecule has 0 bridgehead atoms. The van der Waals surface area contributed by atoms with E-state index in [9.17, 15) is 8.42 Å². The summed E-state index contributed by atoms with van der Waals surface area (Å²) in [6.45, 7) is 5.23. The predicted octanol–water partition coefficient (Wildman–Crippen LogP) is 3.68. The second-order valence-corrected chi connectivity index (χ2v) is 10.4. The molecule has 2 aromatic carbocycles. The van der Waals surface area contributed by atoms with Crippen LogP contribution in [-0.2, 0) is 10.0 Å². The van der Waals surface area contributed by atoms with Crippen LogP contribution in [0.3, 0.4) is 0 Å². The molecule has 0 aliphatic carbocycles. The Morgan fingerprint density at radius 1 is 1.18 bits per heavy atom. The minimum atomic E-state index is -3.48. The first kappa shape index (κ1) is 25.3. The molecule has 1 aliphatic heterocycles. The van der Waals surface area contributed by atoms with Crippen molar-refractivity contribution in [1.82, 2.24) is 4.90 Å². The lowest BCUT2D eigenvalue weighted by atomic mass is 10.1. The van der Waals surface area contributed by atoms with Crippen LogP contribution in [0.1, 0.15) is 37.8 Å². The van der Waals surface area contributed by atoms with E-state index in [0.717, 1.165) is 31.5 Å². The van der Waals surface area contributed by atoms with E-state index in [1.165, 1.54) is 4.31 Å². The summed E-state index contributed by atoms with van der Waals surface area (Å²) in [4.78, 5) is 2.04. The van der Waals surface area contributed by atoms with E-state index in [1.807, 2.05) is 35.2 Å². The molecule has 1 aliphatic rings. The summed E-state index contributed by atoms with van der Waals surface area (Å²) in [5.41, 5.74) is 7.59. The lowest BCUT2D eigenvalue weighted by molar-refractivity contribution is 0.130. The van der Waals surface area contributed by atoms with Crippen molar-refractivity contribution in [2.45, 2.75) is 32.8 Å². The molecular weight excluding hydrogens is 450 g/mol. The van der Waals surface area contributed by atoms with Crippen LogP contribution in [0.5, 0.6) is 5.75 Å². The van der Waals surface area contributed by atoms with E-state index >= 15 is 0 Å². The number of sulfonamides is 1. The van der Waals surface area contributed by atoms with Gasteiger partial charge in [0, 0.05) is 31.5 Å². The molecule has 0 aromatic heterocycles. The maximum atomic E-state index is 12.8. The molecular formula is C25H33N5O3S. The largest absolute Gasteiger partial charge is 0.490 e. The highest BCUT2D eigenvalue weighted by Gasteiger charge is 2.22. The third-order valence-electron chi connectivity index (χ3n) is 5.82. The Labute approximate surface area is 202 Å². The van der Waals surface area contributed by atoms with Gasteiger partial charge < -0.3 is 15.4 Å². The number of nitrogens with zero attached hydrogens (tertiary/aromatic N) is 2. The number of piperidine rings is 1. The van der Waals surface area contributed by atoms with Crippen LogP contribution >= 0.6 is 0 Å². The van der Waals surface area contributed by atoms with Crippen LogP contribution in [-0.4, -0.2) is 56.5 Å². The quantitative estimate of drug-likeness (QED) is 0.371. The van der Waals surface area contributed by atoms with Crippen LogP contribution < -0.4 is 14.8 Å². The predicted molar refractivity (Wildman–Crippen MR) is 138 cm³/mol. The summed E-state index contributed by atoms with van der Waals surface area (Å²) < 4.78 is 33.0. The summed E-state index contributed by atoms with van der Waals surface area (Å²) in [7, 11) is -3.48. The van der Waals surface area contributed by atoms with Crippen LogP contribution in [0.2, 0.25) is 0 Å². The molecule has 2 aromatic rings. The monoisotopic (exact) mass is 483 g/mol. The highest BCUT2D eigenvalue weighted by molar-refractivity contribution is 7.92. The minimum absolute atomic E-state index is 0.01000. The molecule has 8 nitrogen and oxygen atoms in total. The van der Waals surface area contributed by atoms with E-state index < -0.39 is 10.0 Å². The number of hydrogen-bond acceptors (Lipinski definition) is 5. The minimum Gasteiger partial charge on any atom is -0.490 e. The van der Waals surface area contributed by atoms with Gasteiger partial charge >= 0.3 is 0 Å². The number of nitrogen functional groups attached to an aromatic ring is 1. The maximum absolute atomic E-state index is 12.8. The molecule has 0 saturated carbocycles. The van der Waals surface area contributed by atoms with Crippen molar-refractivity contribution >= 4 is 33.5 Å². The highest BCUT2D eigenvalue weighted by Crippen LogP contribution is 2.25. The van der Waals surface area contributed by atoms with E-state index in [-0.39, 0.29) is 24.2 Å². The van der Waals surface area contributed by atoms with E-state index in [4.69, 9.17) is 21.3 Å². The number of nitrogens with two attached hydrogens (primary N) is 1. The zero-order valence-electron chi connectivity index (χ0n) is 19.7. The van der Waals surface area contributed by atoms with Crippen molar-refractivity contribution in [2.24, 2.45) is 5.73 Å². The van der Waals surface area contributed by atoms with Crippen molar-refractivity contribution < 1.29 is 13.2 Å². The zero-order valence-corrected chi connectivity index (χ0v) is 20.5. The van der Waals surface area contributed by atoms with Crippen LogP contribution in [0, 0.1) is 10.8 Å². The van der Waals surface area contributed by atoms with Crippen LogP contribution in [0.15, 0.2) is 54.6 Å². The van der Waals surface area contributed by atoms with Gasteiger partial charge in [0.25, 0.3) is 0 Å². The fourth-order valence-electron chi connectivity index (χ4n) is 3.82. The number of likely N-dealkylation sites (tertiary alicyclic amines) is 1. The molecule has 9 heteroatoms. The summed E-state index contributed by atoms with van der Waals surface area (Å²) >= 11 is 0. The number of nitrogens with one attached hydrogen (secondary N) is 2. The van der Waals surface area contributed by atoms with Crippen molar-refractivity contribution in [2.75, 3.05) is 29.7 Å². The first-order valence-corrected chi connectivity index (χ1v) is 13.0. The second kappa shape index (κ2) is 11.2. The fraction of sp³-hybridized carbons (Fsp3) is 0.360. The topological polar surface area (TPSA) is 124 Å². The lowest BCUT2D eigenvalue weighted by Gasteiger charge is -2.32. The van der Waals surface area contributed by atoms with Gasteiger partial charge in [-0.05, 0) is 49.7 Å². The Balaban J connectivity index is 1.69. The van der Waals surface area contributed by atoms with E-state index in [0.29, 0.717) is 22.8 Å². The first-order valence-electron chi connectivity index (χ1n) is 11.4. The lowest BCUT2D eigenvalue weighted by Crippen LogP contribution is -2.40. The maximum Gasteiger partial charge on any atom is 0.235 e. The molecule has 1 fully saturated rings. The van der Waals surface area contributed by atoms with Gasteiger partial charge in [-0.15, -0.1) is 0 Å². The van der Waals surface area contributed by atoms with Crippen molar-refractivity contribution in [3.8, 4) is 5.75 Å². The average Bonchev–Trinajstić information content (AvgIpc) is 2.83. The number of ether oxygens (including phenoxy) is 1. The Morgan fingerprint density at radius 2 is 1.85 bits per heavy atom. The number of benzene rings is 2. The number of amidine groups is 2. The molecule has 0 atom stereocenters. The van der Waals surface area contributed by atoms with Gasteiger partial charge in [-0.3, -0.25) is 15.1 Å². The van der Waals surface area contributed by atoms with Crippen molar-refractivity contribution in [3.05, 3.63) is 65.7 Å². The van der Waals surface area contributed by atoms with Crippen LogP contribution in [0.25, 0.3) is 6.08 Å². The number of anilines is 1. The number of rotatable bonds is 9. The SMILES string of the molecule is CCS(=O)(=O)N(C/C=C\c1cccc(C(=N)N)c1)c1ccc(OC2CCN(C(C)=N)CC2)cc1. The molecule has 3 rings (SSSR count). The third kappa shape index (κ3) is 6.60. The summed E-state index contributed by atoms with van der Waals surface area (Å²) in [5.74, 6) is 1.27. The van der Waals surface area contributed by atoms with Crippen LogP contribution in [0.4, 0.5) is 5.69 Å². The normalized spacial score (nSPS) is 14.8. The molecule has 182 valence electrons. The second-order valence-electron chi connectivity index (χ2n) is 8.26. The molecule has 34 heavy (non-hydrogen) atoms. The van der Waals surface area contributed by atoms with Gasteiger partial charge in [-0.25, -0.2) is 8.42 Å². The third-order valence-corrected chi connectivity index (χ3v) is 7.58. The van der Waals surface area contributed by atoms with Gasteiger partial charge in [-0.1, -0.05) is 30.4 Å². The fourth-order valence-corrected chi connectivity index (χ4v) is 4.89. The smallest absolute Gasteiger partial charge is 0.235 e.